The van der Waals surface area contributed by atoms with Gasteiger partial charge in [-0.2, -0.15) is 0 Å². The monoisotopic (exact) mass is 579 g/mol. The third-order valence-electron chi connectivity index (χ3n) is 8.34. The van der Waals surface area contributed by atoms with Crippen molar-refractivity contribution in [1.29, 1.82) is 0 Å². The fourth-order valence-corrected chi connectivity index (χ4v) is 5.56. The predicted octanol–water partition coefficient (Wildman–Crippen LogP) is 12.1. The minimum Gasteiger partial charge on any atom is -0.481 e. The van der Waals surface area contributed by atoms with Crippen LogP contribution in [-0.2, 0) is 14.3 Å². The molecule has 4 heteroatoms. The average Bonchev–Trinajstić information content (AvgIpc) is 2.96. The molecule has 242 valence electrons. The molecule has 1 atom stereocenters. The molecule has 0 saturated heterocycles. The van der Waals surface area contributed by atoms with E-state index in [2.05, 4.69) is 26.0 Å². The topological polar surface area (TPSA) is 63.6 Å². The Labute approximate surface area is 255 Å². The van der Waals surface area contributed by atoms with Crippen molar-refractivity contribution >= 4 is 11.9 Å². The summed E-state index contributed by atoms with van der Waals surface area (Å²) in [6, 6.07) is 0. The molecule has 0 fully saturated rings. The largest absolute Gasteiger partial charge is 0.481 e. The van der Waals surface area contributed by atoms with Crippen molar-refractivity contribution in [3.8, 4) is 0 Å². The van der Waals surface area contributed by atoms with Gasteiger partial charge in [0, 0.05) is 12.8 Å². The first-order valence-corrected chi connectivity index (χ1v) is 18.1. The van der Waals surface area contributed by atoms with Crippen molar-refractivity contribution in [3.63, 3.8) is 0 Å². The van der Waals surface area contributed by atoms with E-state index in [4.69, 9.17) is 9.84 Å². The molecule has 0 aromatic rings. The Morgan fingerprint density at radius 1 is 0.537 bits per heavy atom. The molecule has 4 nitrogen and oxygen atoms in total. The van der Waals surface area contributed by atoms with Gasteiger partial charge in [-0.25, -0.2) is 0 Å². The lowest BCUT2D eigenvalue weighted by molar-refractivity contribution is -0.145. The van der Waals surface area contributed by atoms with Crippen molar-refractivity contribution in [2.45, 2.75) is 200 Å². The number of aliphatic carboxylic acids is 1. The highest BCUT2D eigenvalue weighted by Gasteiger charge is 2.12. The maximum Gasteiger partial charge on any atom is 0.305 e. The fourth-order valence-electron chi connectivity index (χ4n) is 5.56. The number of esters is 1. The van der Waals surface area contributed by atoms with E-state index in [-0.39, 0.29) is 12.4 Å². The van der Waals surface area contributed by atoms with E-state index in [1.807, 2.05) is 0 Å². The molecule has 1 N–H and O–H groups in total. The number of unbranched alkanes of at least 4 members (excludes halogenated alkanes) is 21. The zero-order valence-corrected chi connectivity index (χ0v) is 27.6. The van der Waals surface area contributed by atoms with Gasteiger partial charge in [0.1, 0.15) is 0 Å². The number of hydrogen-bond donors (Lipinski definition) is 1. The molecule has 0 radical (unpaired) electrons. The number of carboxylic acids is 1. The molecule has 1 unspecified atom stereocenters. The summed E-state index contributed by atoms with van der Waals surface area (Å²) in [4.78, 5) is 23.0. The normalized spacial score (nSPS) is 12.2. The lowest BCUT2D eigenvalue weighted by Gasteiger charge is -2.17. The first kappa shape index (κ1) is 39.7. The van der Waals surface area contributed by atoms with Crippen molar-refractivity contribution < 1.29 is 19.4 Å². The van der Waals surface area contributed by atoms with Crippen LogP contribution in [0.25, 0.3) is 0 Å². The molecule has 0 heterocycles. The van der Waals surface area contributed by atoms with Gasteiger partial charge in [0.15, 0.2) is 0 Å². The van der Waals surface area contributed by atoms with Crippen LogP contribution in [0.3, 0.4) is 0 Å². The Balaban J connectivity index is 3.91. The molecular weight excluding hydrogens is 508 g/mol. The molecule has 0 amide bonds. The van der Waals surface area contributed by atoms with E-state index >= 15 is 0 Å². The molecule has 0 aliphatic heterocycles. The quantitative estimate of drug-likeness (QED) is 0.0478. The van der Waals surface area contributed by atoms with Crippen LogP contribution in [0.5, 0.6) is 0 Å². The Morgan fingerprint density at radius 2 is 0.927 bits per heavy atom. The zero-order chi connectivity index (χ0) is 30.1. The number of allylic oxidation sites excluding steroid dienone is 2. The first-order chi connectivity index (χ1) is 20.1. The summed E-state index contributed by atoms with van der Waals surface area (Å²) in [6.07, 6.45) is 38.7. The SMILES string of the molecule is CCCCCCCCC=CCCCCCCCC(=O)OCC(CCCCCCCCC)CCCCCCCC(=O)O. The predicted molar refractivity (Wildman–Crippen MR) is 176 cm³/mol. The summed E-state index contributed by atoms with van der Waals surface area (Å²) in [6.45, 7) is 5.11. The fraction of sp³-hybridized carbons (Fsp3) is 0.892. The maximum atomic E-state index is 12.4. The summed E-state index contributed by atoms with van der Waals surface area (Å²) in [7, 11) is 0. The second-order valence-corrected chi connectivity index (χ2v) is 12.5. The van der Waals surface area contributed by atoms with E-state index in [0.717, 1.165) is 57.8 Å². The van der Waals surface area contributed by atoms with Gasteiger partial charge in [-0.05, 0) is 57.3 Å². The van der Waals surface area contributed by atoms with Gasteiger partial charge in [0.25, 0.3) is 0 Å². The molecule has 0 aliphatic carbocycles. The Morgan fingerprint density at radius 3 is 1.39 bits per heavy atom. The average molecular weight is 579 g/mol. The smallest absolute Gasteiger partial charge is 0.305 e. The van der Waals surface area contributed by atoms with Crippen LogP contribution in [0.1, 0.15) is 200 Å². The summed E-state index contributed by atoms with van der Waals surface area (Å²) in [5.74, 6) is -0.230. The lowest BCUT2D eigenvalue weighted by Crippen LogP contribution is -2.14. The molecule has 0 aromatic carbocycles. The third kappa shape index (κ3) is 33.1. The van der Waals surface area contributed by atoms with E-state index in [0.29, 0.717) is 18.9 Å². The first-order valence-electron chi connectivity index (χ1n) is 18.1. The maximum absolute atomic E-state index is 12.4. The van der Waals surface area contributed by atoms with Gasteiger partial charge in [-0.3, -0.25) is 9.59 Å². The summed E-state index contributed by atoms with van der Waals surface area (Å²) >= 11 is 0. The number of rotatable bonds is 33. The van der Waals surface area contributed by atoms with E-state index in [1.165, 1.54) is 116 Å². The Kier molecular flexibility index (Phi) is 32.1. The van der Waals surface area contributed by atoms with Gasteiger partial charge in [0.05, 0.1) is 6.61 Å². The van der Waals surface area contributed by atoms with Crippen molar-refractivity contribution in [2.75, 3.05) is 6.61 Å². The number of hydrogen-bond acceptors (Lipinski definition) is 3. The number of carboxylic acid groups (broad SMARTS) is 1. The summed E-state index contributed by atoms with van der Waals surface area (Å²) in [5, 5.41) is 8.78. The highest BCUT2D eigenvalue weighted by atomic mass is 16.5. The van der Waals surface area contributed by atoms with Crippen LogP contribution in [0, 0.1) is 5.92 Å². The second kappa shape index (κ2) is 33.2. The van der Waals surface area contributed by atoms with E-state index in [1.54, 1.807) is 0 Å². The Hall–Kier alpha value is -1.32. The van der Waals surface area contributed by atoms with Gasteiger partial charge < -0.3 is 9.84 Å². The van der Waals surface area contributed by atoms with Gasteiger partial charge in [-0.15, -0.1) is 0 Å². The van der Waals surface area contributed by atoms with Gasteiger partial charge in [0.2, 0.25) is 0 Å². The molecule has 0 rings (SSSR count). The molecule has 0 spiro atoms. The molecule has 0 bridgehead atoms. The highest BCUT2D eigenvalue weighted by molar-refractivity contribution is 5.69. The minimum atomic E-state index is -0.691. The highest BCUT2D eigenvalue weighted by Crippen LogP contribution is 2.20. The third-order valence-corrected chi connectivity index (χ3v) is 8.34. The lowest BCUT2D eigenvalue weighted by atomic mass is 9.94. The van der Waals surface area contributed by atoms with E-state index in [9.17, 15) is 9.59 Å². The van der Waals surface area contributed by atoms with Gasteiger partial charge >= 0.3 is 11.9 Å². The minimum absolute atomic E-state index is 0.0131. The standard InChI is InChI=1S/C37H70O4/c1-3-5-7-9-11-12-13-14-15-16-17-18-20-25-29-33-37(40)41-34-35(30-26-22-19-10-8-6-4-2)31-27-23-21-24-28-32-36(38)39/h14-15,35H,3-13,16-34H2,1-2H3,(H,38,39). The number of ether oxygens (including phenoxy) is 1. The Bertz CT molecular complexity index is 585. The summed E-state index contributed by atoms with van der Waals surface area (Å²) in [5.41, 5.74) is 0. The van der Waals surface area contributed by atoms with Crippen LogP contribution in [0.4, 0.5) is 0 Å². The van der Waals surface area contributed by atoms with Crippen LogP contribution in [-0.4, -0.2) is 23.7 Å². The zero-order valence-electron chi connectivity index (χ0n) is 27.6. The van der Waals surface area contributed by atoms with Crippen LogP contribution < -0.4 is 0 Å². The van der Waals surface area contributed by atoms with E-state index < -0.39 is 5.97 Å². The van der Waals surface area contributed by atoms with Crippen molar-refractivity contribution in [3.05, 3.63) is 12.2 Å². The molecule has 41 heavy (non-hydrogen) atoms. The number of carbonyl (C=O) groups is 2. The van der Waals surface area contributed by atoms with Crippen LogP contribution >= 0.6 is 0 Å². The van der Waals surface area contributed by atoms with Crippen LogP contribution in [0.2, 0.25) is 0 Å². The van der Waals surface area contributed by atoms with Gasteiger partial charge in [-0.1, -0.05) is 148 Å². The molecule has 0 saturated carbocycles. The van der Waals surface area contributed by atoms with Crippen LogP contribution in [0.15, 0.2) is 12.2 Å². The van der Waals surface area contributed by atoms with Crippen molar-refractivity contribution in [2.24, 2.45) is 5.92 Å². The summed E-state index contributed by atoms with van der Waals surface area (Å²) < 4.78 is 5.74. The van der Waals surface area contributed by atoms with Crippen molar-refractivity contribution in [1.82, 2.24) is 0 Å². The molecule has 0 aliphatic rings. The molecular formula is C37H70O4. The molecule has 0 aromatic heterocycles. The second-order valence-electron chi connectivity index (χ2n) is 12.5. The number of carbonyl (C=O) groups excluding carboxylic acids is 1.